The monoisotopic (exact) mass is 1110 g/mol. The van der Waals surface area contributed by atoms with Gasteiger partial charge in [-0.15, -0.1) is 0 Å². The first kappa shape index (κ1) is 76.0. The molecule has 0 aliphatic carbocycles. The van der Waals surface area contributed by atoms with Gasteiger partial charge in [-0.1, -0.05) is 327 Å². The number of likely N-dealkylation sites (N-methyl/N-ethyl adjacent to an activating group) is 1. The molecule has 0 spiro atoms. The van der Waals surface area contributed by atoms with Crippen LogP contribution >= 0.6 is 7.82 Å². The van der Waals surface area contributed by atoms with Crippen LogP contribution in [0.25, 0.3) is 0 Å². The Morgan fingerprint density at radius 3 is 1.00 bits per heavy atom. The second-order valence-corrected chi connectivity index (χ2v) is 26.4. The number of aliphatic hydroxyl groups is 1. The molecule has 0 radical (unpaired) electrons. The SMILES string of the molecule is CCCCCCCCCCCCCC/C=C\CCCCCCCCCCCCCCCCCCC(=O)NC(COP(=O)(O)OCC[N+](C)(C)C)C(O)/C=C/CCCCCCCCCCCCCCCCCCCCCCC. The van der Waals surface area contributed by atoms with Crippen molar-refractivity contribution in [2.45, 2.75) is 366 Å². The maximum absolute atomic E-state index is 13.0. The van der Waals surface area contributed by atoms with Crippen LogP contribution in [-0.4, -0.2) is 73.4 Å². The molecule has 0 bridgehead atoms. The largest absolute Gasteiger partial charge is 0.472 e. The van der Waals surface area contributed by atoms with E-state index in [0.717, 1.165) is 32.1 Å². The Hall–Kier alpha value is -1.02. The number of hydrogen-bond donors (Lipinski definition) is 3. The van der Waals surface area contributed by atoms with Crippen LogP contribution in [0.5, 0.6) is 0 Å². The highest BCUT2D eigenvalue weighted by atomic mass is 31.2. The Labute approximate surface area is 481 Å². The summed E-state index contributed by atoms with van der Waals surface area (Å²) in [6.45, 7) is 4.88. The molecule has 0 aromatic carbocycles. The molecule has 3 atom stereocenters. The normalized spacial score (nSPS) is 13.8. The number of aliphatic hydroxyl groups excluding tert-OH is 1. The van der Waals surface area contributed by atoms with Crippen LogP contribution in [0.2, 0.25) is 0 Å². The summed E-state index contributed by atoms with van der Waals surface area (Å²) in [5.41, 5.74) is 0. The van der Waals surface area contributed by atoms with E-state index in [1.165, 1.54) is 302 Å². The molecule has 0 heterocycles. The fourth-order valence-electron chi connectivity index (χ4n) is 10.6. The van der Waals surface area contributed by atoms with Crippen molar-refractivity contribution in [1.29, 1.82) is 0 Å². The number of amides is 1. The molecular weight excluding hydrogens is 972 g/mol. The van der Waals surface area contributed by atoms with Crippen molar-refractivity contribution in [2.24, 2.45) is 0 Å². The fraction of sp³-hybridized carbons (Fsp3) is 0.926. The molecule has 3 N–H and O–H groups in total. The van der Waals surface area contributed by atoms with Crippen LogP contribution in [0.3, 0.4) is 0 Å². The summed E-state index contributed by atoms with van der Waals surface area (Å²) in [5, 5.41) is 14.0. The molecule has 9 heteroatoms. The first-order chi connectivity index (χ1) is 37.5. The summed E-state index contributed by atoms with van der Waals surface area (Å²) in [6, 6.07) is -0.845. The van der Waals surface area contributed by atoms with Gasteiger partial charge in [0, 0.05) is 6.42 Å². The van der Waals surface area contributed by atoms with Gasteiger partial charge in [0.25, 0.3) is 0 Å². The molecule has 1 amide bonds. The predicted molar refractivity (Wildman–Crippen MR) is 337 cm³/mol. The van der Waals surface area contributed by atoms with Crippen molar-refractivity contribution in [2.75, 3.05) is 40.9 Å². The molecule has 0 aromatic heterocycles. The summed E-state index contributed by atoms with van der Waals surface area (Å²) in [7, 11) is 1.59. The second-order valence-electron chi connectivity index (χ2n) is 24.9. The van der Waals surface area contributed by atoms with E-state index in [-0.39, 0.29) is 19.1 Å². The van der Waals surface area contributed by atoms with Gasteiger partial charge < -0.3 is 19.8 Å². The van der Waals surface area contributed by atoms with Gasteiger partial charge >= 0.3 is 7.82 Å². The number of hydrogen-bond acceptors (Lipinski definition) is 5. The number of phosphoric acid groups is 1. The van der Waals surface area contributed by atoms with E-state index in [1.54, 1.807) is 6.08 Å². The maximum atomic E-state index is 13.0. The number of nitrogens with one attached hydrogen (secondary N) is 1. The minimum Gasteiger partial charge on any atom is -0.387 e. The lowest BCUT2D eigenvalue weighted by molar-refractivity contribution is -0.870. The molecule has 77 heavy (non-hydrogen) atoms. The predicted octanol–water partition coefficient (Wildman–Crippen LogP) is 21.5. The zero-order valence-corrected chi connectivity index (χ0v) is 53.4. The quantitative estimate of drug-likeness (QED) is 0.0243. The van der Waals surface area contributed by atoms with E-state index in [2.05, 4.69) is 31.3 Å². The number of unbranched alkanes of at least 4 members (excludes halogenated alkanes) is 49. The second kappa shape index (κ2) is 59.6. The zero-order chi connectivity index (χ0) is 56.3. The number of quaternary nitrogens is 1. The van der Waals surface area contributed by atoms with Gasteiger partial charge in [-0.25, -0.2) is 4.57 Å². The number of nitrogens with zero attached hydrogens (tertiary/aromatic N) is 1. The van der Waals surface area contributed by atoms with Gasteiger partial charge in [0.1, 0.15) is 13.2 Å². The maximum Gasteiger partial charge on any atom is 0.472 e. The number of carbonyl (C=O) groups is 1. The van der Waals surface area contributed by atoms with E-state index in [4.69, 9.17) is 9.05 Å². The highest BCUT2D eigenvalue weighted by molar-refractivity contribution is 7.47. The zero-order valence-electron chi connectivity index (χ0n) is 52.5. The Morgan fingerprint density at radius 1 is 0.429 bits per heavy atom. The molecular formula is C68H136N2O6P+. The third kappa shape index (κ3) is 62.4. The van der Waals surface area contributed by atoms with Gasteiger partial charge in [-0.3, -0.25) is 13.8 Å². The first-order valence-electron chi connectivity index (χ1n) is 34.2. The molecule has 0 aliphatic heterocycles. The molecule has 458 valence electrons. The van der Waals surface area contributed by atoms with Crippen LogP contribution in [0.15, 0.2) is 24.3 Å². The summed E-state index contributed by atoms with van der Waals surface area (Å²) < 4.78 is 23.8. The van der Waals surface area contributed by atoms with Gasteiger partial charge in [-0.05, 0) is 44.9 Å². The van der Waals surface area contributed by atoms with E-state index >= 15 is 0 Å². The molecule has 8 nitrogen and oxygen atoms in total. The number of carbonyl (C=O) groups excluding carboxylic acids is 1. The lowest BCUT2D eigenvalue weighted by Gasteiger charge is -2.25. The third-order valence-corrected chi connectivity index (χ3v) is 16.9. The van der Waals surface area contributed by atoms with Crippen molar-refractivity contribution in [3.63, 3.8) is 0 Å². The minimum absolute atomic E-state index is 0.0641. The highest BCUT2D eigenvalue weighted by Gasteiger charge is 2.28. The van der Waals surface area contributed by atoms with Crippen LogP contribution in [0.4, 0.5) is 0 Å². The minimum atomic E-state index is -4.35. The van der Waals surface area contributed by atoms with Crippen LogP contribution in [0, 0.1) is 0 Å². The van der Waals surface area contributed by atoms with Crippen molar-refractivity contribution < 1.29 is 32.9 Å². The van der Waals surface area contributed by atoms with Gasteiger partial charge in [-0.2, -0.15) is 0 Å². The Kier molecular flexibility index (Phi) is 58.8. The summed E-state index contributed by atoms with van der Waals surface area (Å²) in [5.74, 6) is -0.169. The van der Waals surface area contributed by atoms with E-state index in [9.17, 15) is 19.4 Å². The van der Waals surface area contributed by atoms with Crippen LogP contribution in [-0.2, 0) is 18.4 Å². The summed E-state index contributed by atoms with van der Waals surface area (Å²) >= 11 is 0. The van der Waals surface area contributed by atoms with E-state index in [1.807, 2.05) is 27.2 Å². The third-order valence-electron chi connectivity index (χ3n) is 15.9. The van der Waals surface area contributed by atoms with Crippen molar-refractivity contribution in [3.05, 3.63) is 24.3 Å². The van der Waals surface area contributed by atoms with Crippen molar-refractivity contribution in [1.82, 2.24) is 5.32 Å². The van der Waals surface area contributed by atoms with E-state index < -0.39 is 20.0 Å². The molecule has 3 unspecified atom stereocenters. The Morgan fingerprint density at radius 2 is 0.701 bits per heavy atom. The molecule has 0 rings (SSSR count). The topological polar surface area (TPSA) is 105 Å². The van der Waals surface area contributed by atoms with Gasteiger partial charge in [0.2, 0.25) is 5.91 Å². The number of phosphoric ester groups is 1. The number of allylic oxidation sites excluding steroid dienone is 3. The number of rotatable bonds is 64. The smallest absolute Gasteiger partial charge is 0.387 e. The van der Waals surface area contributed by atoms with Crippen molar-refractivity contribution >= 4 is 13.7 Å². The summed E-state index contributed by atoms with van der Waals surface area (Å²) in [4.78, 5) is 23.4. The average molecular weight is 1110 g/mol. The Bertz CT molecular complexity index is 1300. The molecule has 0 fully saturated rings. The Balaban J connectivity index is 4.04. The molecule has 0 aliphatic rings. The van der Waals surface area contributed by atoms with Gasteiger partial charge in [0.05, 0.1) is 39.9 Å². The lowest BCUT2D eigenvalue weighted by atomic mass is 10.0. The standard InChI is InChI=1S/C68H135N2O6P/c1-6-8-10-12-14-16-18-20-22-24-26-28-30-31-32-33-34-35-36-37-38-40-42-44-46-48-50-52-54-56-58-60-62-68(72)69-66(65-76-77(73,74)75-64-63-70(3,4)5)67(71)61-59-57-55-53-51-49-47-45-43-41-39-29-27-25-23-21-19-17-15-13-11-9-7-2/h31-32,59,61,66-67,71H,6-30,33-58,60,62-65H2,1-5H3,(H-,69,72,73,74)/p+1/b32-31-,61-59+. The average Bonchev–Trinajstić information content (AvgIpc) is 3.39. The highest BCUT2D eigenvalue weighted by Crippen LogP contribution is 2.43. The molecule has 0 aromatic rings. The van der Waals surface area contributed by atoms with E-state index in [0.29, 0.717) is 17.4 Å². The first-order valence-corrected chi connectivity index (χ1v) is 35.7. The van der Waals surface area contributed by atoms with Crippen molar-refractivity contribution in [3.8, 4) is 0 Å². The lowest BCUT2D eigenvalue weighted by Crippen LogP contribution is -2.45. The van der Waals surface area contributed by atoms with Crippen LogP contribution < -0.4 is 5.32 Å². The fourth-order valence-corrected chi connectivity index (χ4v) is 11.3. The van der Waals surface area contributed by atoms with Gasteiger partial charge in [0.15, 0.2) is 0 Å². The molecule has 0 saturated carbocycles. The molecule has 0 saturated heterocycles. The summed E-state index contributed by atoms with van der Waals surface area (Å²) in [6.07, 6.45) is 77.5. The van der Waals surface area contributed by atoms with Crippen LogP contribution in [0.1, 0.15) is 354 Å².